The SMILES string of the molecule is Oc1ccccc1-c1nc(-c2ncccn2)[nH]c1-c1ccccc1O. The van der Waals surface area contributed by atoms with Crippen molar-refractivity contribution >= 4 is 0 Å². The van der Waals surface area contributed by atoms with E-state index in [1.807, 2.05) is 12.1 Å². The van der Waals surface area contributed by atoms with Crippen LogP contribution in [0.3, 0.4) is 0 Å². The van der Waals surface area contributed by atoms with Crippen molar-refractivity contribution in [1.82, 2.24) is 19.9 Å². The zero-order chi connectivity index (χ0) is 17.2. The van der Waals surface area contributed by atoms with Crippen LogP contribution in [0.1, 0.15) is 0 Å². The van der Waals surface area contributed by atoms with E-state index in [-0.39, 0.29) is 11.5 Å². The van der Waals surface area contributed by atoms with Crippen LogP contribution >= 0.6 is 0 Å². The highest BCUT2D eigenvalue weighted by atomic mass is 16.3. The van der Waals surface area contributed by atoms with Crippen LogP contribution in [0.2, 0.25) is 0 Å². The zero-order valence-electron chi connectivity index (χ0n) is 13.1. The van der Waals surface area contributed by atoms with Crippen LogP contribution in [0.15, 0.2) is 67.0 Å². The Labute approximate surface area is 143 Å². The van der Waals surface area contributed by atoms with E-state index in [1.54, 1.807) is 54.9 Å². The van der Waals surface area contributed by atoms with E-state index in [4.69, 9.17) is 0 Å². The van der Waals surface area contributed by atoms with Crippen LogP contribution in [-0.4, -0.2) is 30.1 Å². The Kier molecular flexibility index (Phi) is 3.63. The van der Waals surface area contributed by atoms with Gasteiger partial charge in [-0.05, 0) is 30.3 Å². The molecule has 0 saturated carbocycles. The maximum Gasteiger partial charge on any atom is 0.195 e. The second-order valence-corrected chi connectivity index (χ2v) is 5.42. The minimum Gasteiger partial charge on any atom is -0.507 e. The van der Waals surface area contributed by atoms with Gasteiger partial charge in [0.1, 0.15) is 17.2 Å². The molecule has 0 spiro atoms. The summed E-state index contributed by atoms with van der Waals surface area (Å²) in [7, 11) is 0. The number of nitrogens with zero attached hydrogens (tertiary/aromatic N) is 3. The van der Waals surface area contributed by atoms with Gasteiger partial charge in [-0.15, -0.1) is 0 Å². The lowest BCUT2D eigenvalue weighted by Crippen LogP contribution is -1.88. The van der Waals surface area contributed by atoms with Gasteiger partial charge in [0, 0.05) is 23.5 Å². The Bertz CT molecular complexity index is 966. The molecule has 0 saturated heterocycles. The van der Waals surface area contributed by atoms with Crippen LogP contribution in [0.25, 0.3) is 34.2 Å². The number of phenolic OH excluding ortho intramolecular Hbond substituents is 2. The van der Waals surface area contributed by atoms with Gasteiger partial charge in [-0.1, -0.05) is 24.3 Å². The van der Waals surface area contributed by atoms with Crippen LogP contribution in [0.4, 0.5) is 0 Å². The van der Waals surface area contributed by atoms with Gasteiger partial charge >= 0.3 is 0 Å². The van der Waals surface area contributed by atoms with Gasteiger partial charge in [0.2, 0.25) is 0 Å². The number of imidazole rings is 1. The third-order valence-corrected chi connectivity index (χ3v) is 3.81. The van der Waals surface area contributed by atoms with E-state index in [9.17, 15) is 10.2 Å². The van der Waals surface area contributed by atoms with Gasteiger partial charge in [-0.3, -0.25) is 0 Å². The number of hydrogen-bond donors (Lipinski definition) is 3. The molecule has 0 unspecified atom stereocenters. The Hall–Kier alpha value is -3.67. The summed E-state index contributed by atoms with van der Waals surface area (Å²) in [6, 6.07) is 15.6. The standard InChI is InChI=1S/C19H14N4O2/c24-14-8-3-1-6-12(14)16-17(13-7-2-4-9-15(13)25)23-19(22-16)18-20-10-5-11-21-18/h1-11,24-25H,(H,22,23). The van der Waals surface area contributed by atoms with Crippen molar-refractivity contribution in [2.45, 2.75) is 0 Å². The van der Waals surface area contributed by atoms with Crippen molar-refractivity contribution in [2.24, 2.45) is 0 Å². The van der Waals surface area contributed by atoms with E-state index in [0.717, 1.165) is 0 Å². The lowest BCUT2D eigenvalue weighted by Gasteiger charge is -2.06. The molecular formula is C19H14N4O2. The van der Waals surface area contributed by atoms with E-state index >= 15 is 0 Å². The average Bonchev–Trinajstić information content (AvgIpc) is 3.08. The number of hydrogen-bond acceptors (Lipinski definition) is 5. The maximum atomic E-state index is 10.2. The fourth-order valence-corrected chi connectivity index (χ4v) is 2.65. The van der Waals surface area contributed by atoms with Crippen LogP contribution < -0.4 is 0 Å². The van der Waals surface area contributed by atoms with Gasteiger partial charge in [0.05, 0.1) is 5.69 Å². The molecular weight excluding hydrogens is 316 g/mol. The molecule has 0 aliphatic rings. The number of phenols is 2. The highest BCUT2D eigenvalue weighted by molar-refractivity contribution is 5.85. The second-order valence-electron chi connectivity index (χ2n) is 5.42. The molecule has 2 heterocycles. The van der Waals surface area contributed by atoms with Crippen molar-refractivity contribution in [2.75, 3.05) is 0 Å². The molecule has 0 amide bonds. The van der Waals surface area contributed by atoms with Crippen LogP contribution in [-0.2, 0) is 0 Å². The average molecular weight is 330 g/mol. The molecule has 6 heteroatoms. The Morgan fingerprint density at radius 1 is 0.720 bits per heavy atom. The summed E-state index contributed by atoms with van der Waals surface area (Å²) in [5.74, 6) is 1.10. The summed E-state index contributed by atoms with van der Waals surface area (Å²) in [6.07, 6.45) is 3.26. The van der Waals surface area contributed by atoms with Gasteiger partial charge in [0.25, 0.3) is 0 Å². The van der Waals surface area contributed by atoms with Gasteiger partial charge < -0.3 is 15.2 Å². The summed E-state index contributed by atoms with van der Waals surface area (Å²) in [4.78, 5) is 16.2. The van der Waals surface area contributed by atoms with Gasteiger partial charge in [0.15, 0.2) is 11.6 Å². The lowest BCUT2D eigenvalue weighted by molar-refractivity contribution is 0.476. The molecule has 0 aliphatic heterocycles. The van der Waals surface area contributed by atoms with E-state index < -0.39 is 0 Å². The van der Waals surface area contributed by atoms with Crippen molar-refractivity contribution in [3.8, 4) is 45.7 Å². The summed E-state index contributed by atoms with van der Waals surface area (Å²) in [5, 5.41) is 20.5. The summed E-state index contributed by atoms with van der Waals surface area (Å²) >= 11 is 0. The summed E-state index contributed by atoms with van der Waals surface area (Å²) in [5.41, 5.74) is 2.23. The lowest BCUT2D eigenvalue weighted by atomic mass is 10.0. The number of para-hydroxylation sites is 2. The molecule has 25 heavy (non-hydrogen) atoms. The van der Waals surface area contributed by atoms with Gasteiger partial charge in [-0.2, -0.15) is 0 Å². The Balaban J connectivity index is 1.97. The quantitative estimate of drug-likeness (QED) is 0.533. The van der Waals surface area contributed by atoms with Gasteiger partial charge in [-0.25, -0.2) is 15.0 Å². The first-order valence-corrected chi connectivity index (χ1v) is 7.68. The summed E-state index contributed by atoms with van der Waals surface area (Å²) < 4.78 is 0. The van der Waals surface area contributed by atoms with E-state index in [1.165, 1.54) is 0 Å². The molecule has 4 rings (SSSR count). The normalized spacial score (nSPS) is 10.7. The molecule has 0 aliphatic carbocycles. The molecule has 0 bridgehead atoms. The largest absolute Gasteiger partial charge is 0.507 e. The third-order valence-electron chi connectivity index (χ3n) is 3.81. The number of H-pyrrole nitrogens is 1. The molecule has 3 N–H and O–H groups in total. The molecule has 0 fully saturated rings. The Morgan fingerprint density at radius 2 is 1.32 bits per heavy atom. The number of aromatic amines is 1. The first-order valence-electron chi connectivity index (χ1n) is 7.68. The van der Waals surface area contributed by atoms with Crippen molar-refractivity contribution in [1.29, 1.82) is 0 Å². The molecule has 6 nitrogen and oxygen atoms in total. The van der Waals surface area contributed by atoms with Crippen molar-refractivity contribution in [3.05, 3.63) is 67.0 Å². The minimum atomic E-state index is 0.103. The highest BCUT2D eigenvalue weighted by Gasteiger charge is 2.20. The molecule has 0 atom stereocenters. The monoisotopic (exact) mass is 330 g/mol. The second kappa shape index (κ2) is 6.09. The van der Waals surface area contributed by atoms with Crippen LogP contribution in [0.5, 0.6) is 11.5 Å². The zero-order valence-corrected chi connectivity index (χ0v) is 13.1. The molecule has 4 aromatic rings. The maximum absolute atomic E-state index is 10.2. The highest BCUT2D eigenvalue weighted by Crippen LogP contribution is 2.39. The van der Waals surface area contributed by atoms with Crippen molar-refractivity contribution < 1.29 is 10.2 Å². The van der Waals surface area contributed by atoms with E-state index in [2.05, 4.69) is 19.9 Å². The number of benzene rings is 2. The molecule has 0 radical (unpaired) electrons. The summed E-state index contributed by atoms with van der Waals surface area (Å²) in [6.45, 7) is 0. The first-order chi connectivity index (χ1) is 12.2. The molecule has 2 aromatic carbocycles. The number of aromatic hydroxyl groups is 2. The van der Waals surface area contributed by atoms with Crippen molar-refractivity contribution in [3.63, 3.8) is 0 Å². The third kappa shape index (κ3) is 2.70. The number of nitrogens with one attached hydrogen (secondary N) is 1. The number of aromatic nitrogens is 4. The fraction of sp³-hybridized carbons (Fsp3) is 0. The van der Waals surface area contributed by atoms with E-state index in [0.29, 0.717) is 34.2 Å². The smallest absolute Gasteiger partial charge is 0.195 e. The first kappa shape index (κ1) is 14.9. The minimum absolute atomic E-state index is 0.103. The predicted molar refractivity (Wildman–Crippen MR) is 93.8 cm³/mol. The number of rotatable bonds is 3. The fourth-order valence-electron chi connectivity index (χ4n) is 2.65. The van der Waals surface area contributed by atoms with Crippen LogP contribution in [0, 0.1) is 0 Å². The topological polar surface area (TPSA) is 94.9 Å². The molecule has 2 aromatic heterocycles. The Morgan fingerprint density at radius 3 is 1.96 bits per heavy atom. The predicted octanol–water partition coefficient (Wildman–Crippen LogP) is 3.61. The molecule has 122 valence electrons.